The molecule has 0 atom stereocenters. The van der Waals surface area contributed by atoms with E-state index in [0.717, 1.165) is 0 Å². The van der Waals surface area contributed by atoms with Gasteiger partial charge in [0.25, 0.3) is 5.91 Å². The molecule has 92 valence electrons. The lowest BCUT2D eigenvalue weighted by Gasteiger charge is -2.05. The van der Waals surface area contributed by atoms with E-state index in [1.165, 1.54) is 0 Å². The Hall–Kier alpha value is -1.26. The number of hydrogen-bond acceptors (Lipinski definition) is 2. The third-order valence-electron chi connectivity index (χ3n) is 1.94. The minimum absolute atomic E-state index is 0.149. The zero-order valence-corrected chi connectivity index (χ0v) is 10.8. The number of alkyl halides is 1. The van der Waals surface area contributed by atoms with Crippen LogP contribution in [0.5, 0.6) is 0 Å². The van der Waals surface area contributed by atoms with Gasteiger partial charge in [0, 0.05) is 6.54 Å². The summed E-state index contributed by atoms with van der Waals surface area (Å²) < 4.78 is 0. The molecule has 0 unspecified atom stereocenters. The molecule has 0 aliphatic heterocycles. The van der Waals surface area contributed by atoms with Gasteiger partial charge in [0.1, 0.15) is 5.84 Å². The molecule has 0 aliphatic rings. The van der Waals surface area contributed by atoms with E-state index >= 15 is 0 Å². The van der Waals surface area contributed by atoms with Gasteiger partial charge < -0.3 is 11.1 Å². The summed E-state index contributed by atoms with van der Waals surface area (Å²) in [7, 11) is 0. The molecular formula is C11H13Cl2N3O. The number of amides is 1. The second-order valence-electron chi connectivity index (χ2n) is 3.26. The summed E-state index contributed by atoms with van der Waals surface area (Å²) in [6.07, 6.45) is 0. The number of carbonyl (C=O) groups is 1. The summed E-state index contributed by atoms with van der Waals surface area (Å²) in [5.41, 5.74) is 6.48. The van der Waals surface area contributed by atoms with Crippen LogP contribution in [0, 0.1) is 0 Å². The van der Waals surface area contributed by atoms with Crippen molar-refractivity contribution in [3.05, 3.63) is 28.8 Å². The van der Waals surface area contributed by atoms with Crippen LogP contribution in [-0.4, -0.2) is 24.2 Å². The fraction of sp³-hybridized carbons (Fsp3) is 0.273. The van der Waals surface area contributed by atoms with Gasteiger partial charge >= 0.3 is 0 Å². The van der Waals surface area contributed by atoms with Crippen LogP contribution in [0.1, 0.15) is 17.3 Å². The molecule has 6 heteroatoms. The average Bonchev–Trinajstić information content (AvgIpc) is 2.29. The van der Waals surface area contributed by atoms with Crippen LogP contribution in [0.2, 0.25) is 5.02 Å². The summed E-state index contributed by atoms with van der Waals surface area (Å²) in [5, 5.41) is 3.00. The van der Waals surface area contributed by atoms with Crippen LogP contribution in [0.4, 0.5) is 5.69 Å². The van der Waals surface area contributed by atoms with Gasteiger partial charge in [0.15, 0.2) is 0 Å². The maximum absolute atomic E-state index is 11.6. The first-order valence-electron chi connectivity index (χ1n) is 5.05. The Morgan fingerprint density at radius 1 is 1.53 bits per heavy atom. The van der Waals surface area contributed by atoms with Crippen molar-refractivity contribution in [3.63, 3.8) is 0 Å². The quantitative estimate of drug-likeness (QED) is 0.502. The minimum Gasteiger partial charge on any atom is -0.386 e. The summed E-state index contributed by atoms with van der Waals surface area (Å²) in [6, 6.07) is 4.84. The first kappa shape index (κ1) is 13.8. The van der Waals surface area contributed by atoms with Crippen molar-refractivity contribution in [1.82, 2.24) is 5.32 Å². The molecule has 0 heterocycles. The fourth-order valence-electron chi connectivity index (χ4n) is 1.21. The topological polar surface area (TPSA) is 67.5 Å². The lowest BCUT2D eigenvalue weighted by Crippen LogP contribution is -2.22. The number of rotatable bonds is 4. The first-order chi connectivity index (χ1) is 8.08. The molecule has 0 saturated carbocycles. The molecule has 4 nitrogen and oxygen atoms in total. The largest absolute Gasteiger partial charge is 0.386 e. The molecular weight excluding hydrogens is 261 g/mol. The smallest absolute Gasteiger partial charge is 0.252 e. The fourth-order valence-corrected chi connectivity index (χ4v) is 1.53. The zero-order valence-electron chi connectivity index (χ0n) is 9.34. The Morgan fingerprint density at radius 2 is 2.24 bits per heavy atom. The van der Waals surface area contributed by atoms with E-state index in [-0.39, 0.29) is 11.8 Å². The highest BCUT2D eigenvalue weighted by Crippen LogP contribution is 2.22. The van der Waals surface area contributed by atoms with Gasteiger partial charge in [-0.3, -0.25) is 4.79 Å². The number of nitrogens with two attached hydrogens (primary N) is 1. The van der Waals surface area contributed by atoms with E-state index in [0.29, 0.717) is 28.7 Å². The van der Waals surface area contributed by atoms with Gasteiger partial charge in [-0.05, 0) is 25.1 Å². The summed E-state index contributed by atoms with van der Waals surface area (Å²) in [4.78, 5) is 15.6. The summed E-state index contributed by atoms with van der Waals surface area (Å²) in [6.45, 7) is 2.39. The van der Waals surface area contributed by atoms with E-state index in [2.05, 4.69) is 10.3 Å². The van der Waals surface area contributed by atoms with Crippen molar-refractivity contribution in [2.45, 2.75) is 6.92 Å². The highest BCUT2D eigenvalue weighted by molar-refractivity contribution is 6.34. The average molecular weight is 274 g/mol. The number of aliphatic imine (C=N–C) groups is 1. The van der Waals surface area contributed by atoms with Crippen LogP contribution in [0.25, 0.3) is 0 Å². The Kier molecular flexibility index (Phi) is 5.25. The molecule has 0 spiro atoms. The number of benzene rings is 1. The molecule has 0 radical (unpaired) electrons. The lowest BCUT2D eigenvalue weighted by atomic mass is 10.2. The molecule has 1 aromatic rings. The second kappa shape index (κ2) is 6.47. The van der Waals surface area contributed by atoms with Gasteiger partial charge in [-0.15, -0.1) is 11.6 Å². The van der Waals surface area contributed by atoms with E-state index in [9.17, 15) is 4.79 Å². The molecule has 0 fully saturated rings. The number of amidine groups is 1. The Bertz CT molecular complexity index is 446. The van der Waals surface area contributed by atoms with Crippen molar-refractivity contribution in [3.8, 4) is 0 Å². The molecule has 0 saturated heterocycles. The molecule has 1 aromatic carbocycles. The van der Waals surface area contributed by atoms with E-state index in [4.69, 9.17) is 28.9 Å². The van der Waals surface area contributed by atoms with Gasteiger partial charge in [-0.2, -0.15) is 0 Å². The maximum Gasteiger partial charge on any atom is 0.252 e. The van der Waals surface area contributed by atoms with Crippen molar-refractivity contribution in [2.75, 3.05) is 12.4 Å². The molecule has 0 bridgehead atoms. The van der Waals surface area contributed by atoms with Crippen molar-refractivity contribution in [1.29, 1.82) is 0 Å². The standard InChI is InChI=1S/C11H13Cl2N3O/c1-2-15-11(17)8-4-3-7(5-9(8)13)16-10(14)6-12/h3-5H,2,6H2,1H3,(H2,14,16)(H,15,17). The summed E-state index contributed by atoms with van der Waals surface area (Å²) in [5.74, 6) is 0.238. The molecule has 1 amide bonds. The third-order valence-corrected chi connectivity index (χ3v) is 2.53. The lowest BCUT2D eigenvalue weighted by molar-refractivity contribution is 0.0956. The predicted octanol–water partition coefficient (Wildman–Crippen LogP) is 2.32. The number of carbonyl (C=O) groups excluding carboxylic acids is 1. The summed E-state index contributed by atoms with van der Waals surface area (Å²) >= 11 is 11.5. The minimum atomic E-state index is -0.210. The van der Waals surface area contributed by atoms with Crippen LogP contribution in [0.3, 0.4) is 0 Å². The Morgan fingerprint density at radius 3 is 2.76 bits per heavy atom. The van der Waals surface area contributed by atoms with E-state index < -0.39 is 0 Å². The van der Waals surface area contributed by atoms with E-state index in [1.54, 1.807) is 18.2 Å². The van der Waals surface area contributed by atoms with E-state index in [1.807, 2.05) is 6.92 Å². The number of halogens is 2. The van der Waals surface area contributed by atoms with Gasteiger partial charge in [0.2, 0.25) is 0 Å². The van der Waals surface area contributed by atoms with Crippen LogP contribution < -0.4 is 11.1 Å². The Balaban J connectivity index is 2.98. The molecule has 3 N–H and O–H groups in total. The van der Waals surface area contributed by atoms with Crippen molar-refractivity contribution in [2.24, 2.45) is 10.7 Å². The number of nitrogens with zero attached hydrogens (tertiary/aromatic N) is 1. The zero-order chi connectivity index (χ0) is 12.8. The number of nitrogens with one attached hydrogen (secondary N) is 1. The SMILES string of the molecule is CCNC(=O)c1ccc(N=C(N)CCl)cc1Cl. The molecule has 0 aromatic heterocycles. The third kappa shape index (κ3) is 3.91. The first-order valence-corrected chi connectivity index (χ1v) is 5.96. The van der Waals surface area contributed by atoms with Crippen LogP contribution in [-0.2, 0) is 0 Å². The van der Waals surface area contributed by atoms with Gasteiger partial charge in [-0.1, -0.05) is 11.6 Å². The highest BCUT2D eigenvalue weighted by atomic mass is 35.5. The number of hydrogen-bond donors (Lipinski definition) is 2. The van der Waals surface area contributed by atoms with Crippen LogP contribution in [0.15, 0.2) is 23.2 Å². The van der Waals surface area contributed by atoms with Crippen molar-refractivity contribution >= 4 is 40.6 Å². The van der Waals surface area contributed by atoms with Crippen molar-refractivity contribution < 1.29 is 4.79 Å². The molecule has 1 rings (SSSR count). The Labute approximate surface area is 110 Å². The predicted molar refractivity (Wildman–Crippen MR) is 71.5 cm³/mol. The molecule has 0 aliphatic carbocycles. The monoisotopic (exact) mass is 273 g/mol. The normalized spacial score (nSPS) is 11.4. The van der Waals surface area contributed by atoms with Gasteiger partial charge in [-0.25, -0.2) is 4.99 Å². The molecule has 17 heavy (non-hydrogen) atoms. The highest BCUT2D eigenvalue weighted by Gasteiger charge is 2.09. The maximum atomic E-state index is 11.6. The van der Waals surface area contributed by atoms with Crippen LogP contribution >= 0.6 is 23.2 Å². The van der Waals surface area contributed by atoms with Gasteiger partial charge in [0.05, 0.1) is 22.2 Å². The second-order valence-corrected chi connectivity index (χ2v) is 3.93.